The van der Waals surface area contributed by atoms with Crippen LogP contribution in [-0.2, 0) is 10.5 Å². The number of carbonyl (C=O) groups excluding carboxylic acids is 1. The van der Waals surface area contributed by atoms with Crippen molar-refractivity contribution in [3.8, 4) is 5.75 Å². The summed E-state index contributed by atoms with van der Waals surface area (Å²) >= 11 is 7.73. The number of ether oxygens (including phenoxy) is 1. The molecule has 0 aromatic heterocycles. The zero-order chi connectivity index (χ0) is 18.2. The van der Waals surface area contributed by atoms with Gasteiger partial charge in [-0.05, 0) is 61.7 Å². The molecule has 2 rings (SSSR count). The van der Waals surface area contributed by atoms with Crippen molar-refractivity contribution in [2.75, 3.05) is 12.3 Å². The normalized spacial score (nSPS) is 11.8. The first-order valence-corrected chi connectivity index (χ1v) is 9.82. The van der Waals surface area contributed by atoms with Crippen molar-refractivity contribution in [2.24, 2.45) is 0 Å². The van der Waals surface area contributed by atoms with E-state index in [4.69, 9.17) is 16.3 Å². The molecule has 0 aliphatic heterocycles. The van der Waals surface area contributed by atoms with E-state index in [9.17, 15) is 4.79 Å². The maximum Gasteiger partial charge on any atom is 0.260 e. The fourth-order valence-electron chi connectivity index (χ4n) is 2.47. The number of aryl methyl sites for hydroxylation is 2. The maximum absolute atomic E-state index is 12.1. The molecule has 0 radical (unpaired) electrons. The Kier molecular flexibility index (Phi) is 7.66. The van der Waals surface area contributed by atoms with Crippen LogP contribution in [0.4, 0.5) is 0 Å². The van der Waals surface area contributed by atoms with Gasteiger partial charge >= 0.3 is 0 Å². The van der Waals surface area contributed by atoms with E-state index in [0.717, 1.165) is 33.4 Å². The van der Waals surface area contributed by atoms with Gasteiger partial charge in [-0.1, -0.05) is 29.8 Å². The lowest BCUT2D eigenvalue weighted by Crippen LogP contribution is -2.37. The highest BCUT2D eigenvalue weighted by molar-refractivity contribution is 7.98. The summed E-state index contributed by atoms with van der Waals surface area (Å²) in [6.45, 7) is 6.42. The second-order valence-corrected chi connectivity index (χ2v) is 7.60. The summed E-state index contributed by atoms with van der Waals surface area (Å²) in [6.07, 6.45) is -0.515. The molecule has 5 heteroatoms. The molecule has 0 aliphatic carbocycles. The van der Waals surface area contributed by atoms with E-state index in [1.165, 1.54) is 5.56 Å². The Bertz CT molecular complexity index is 700. The zero-order valence-corrected chi connectivity index (χ0v) is 16.4. The van der Waals surface area contributed by atoms with E-state index < -0.39 is 6.10 Å². The molecule has 0 saturated heterocycles. The van der Waals surface area contributed by atoms with Gasteiger partial charge in [-0.2, -0.15) is 11.8 Å². The molecule has 2 aromatic rings. The van der Waals surface area contributed by atoms with Crippen LogP contribution in [0.3, 0.4) is 0 Å². The van der Waals surface area contributed by atoms with Crippen molar-refractivity contribution in [1.29, 1.82) is 0 Å². The highest BCUT2D eigenvalue weighted by Gasteiger charge is 2.14. The Morgan fingerprint density at radius 3 is 2.60 bits per heavy atom. The van der Waals surface area contributed by atoms with Crippen LogP contribution in [0.2, 0.25) is 5.02 Å². The SMILES string of the molecule is Cc1cc(C)cc(O[C@H](C)C(=O)NCCSCc2cccc(Cl)c2)c1. The molecule has 0 bridgehead atoms. The molecular weight excluding hydrogens is 354 g/mol. The van der Waals surface area contributed by atoms with Gasteiger partial charge in [0.1, 0.15) is 5.75 Å². The Morgan fingerprint density at radius 1 is 1.20 bits per heavy atom. The number of halogens is 1. The summed E-state index contributed by atoms with van der Waals surface area (Å²) in [5.74, 6) is 2.36. The van der Waals surface area contributed by atoms with Gasteiger partial charge in [-0.25, -0.2) is 0 Å². The molecule has 0 aliphatic rings. The molecule has 25 heavy (non-hydrogen) atoms. The van der Waals surface area contributed by atoms with Crippen LogP contribution in [-0.4, -0.2) is 24.3 Å². The molecule has 0 spiro atoms. The van der Waals surface area contributed by atoms with E-state index in [1.54, 1.807) is 18.7 Å². The molecule has 1 amide bonds. The van der Waals surface area contributed by atoms with E-state index >= 15 is 0 Å². The third kappa shape index (κ3) is 7.00. The molecule has 3 nitrogen and oxygen atoms in total. The van der Waals surface area contributed by atoms with Crippen LogP contribution in [0.1, 0.15) is 23.6 Å². The van der Waals surface area contributed by atoms with Crippen molar-refractivity contribution in [3.63, 3.8) is 0 Å². The van der Waals surface area contributed by atoms with Crippen molar-refractivity contribution >= 4 is 29.3 Å². The zero-order valence-electron chi connectivity index (χ0n) is 14.8. The Labute approximate surface area is 159 Å². The summed E-state index contributed by atoms with van der Waals surface area (Å²) in [5, 5.41) is 3.67. The van der Waals surface area contributed by atoms with Gasteiger partial charge in [0.05, 0.1) is 0 Å². The average Bonchev–Trinajstić information content (AvgIpc) is 2.53. The maximum atomic E-state index is 12.1. The van der Waals surface area contributed by atoms with Crippen molar-refractivity contribution < 1.29 is 9.53 Å². The quantitative estimate of drug-likeness (QED) is 0.673. The Balaban J connectivity index is 1.69. The van der Waals surface area contributed by atoms with Gasteiger partial charge in [-0.3, -0.25) is 4.79 Å². The Morgan fingerprint density at radius 2 is 1.92 bits per heavy atom. The lowest BCUT2D eigenvalue weighted by Gasteiger charge is -2.15. The van der Waals surface area contributed by atoms with E-state index in [0.29, 0.717) is 6.54 Å². The minimum atomic E-state index is -0.515. The van der Waals surface area contributed by atoms with Crippen molar-refractivity contribution in [1.82, 2.24) is 5.32 Å². The lowest BCUT2D eigenvalue weighted by molar-refractivity contribution is -0.127. The monoisotopic (exact) mass is 377 g/mol. The van der Waals surface area contributed by atoms with Gasteiger partial charge in [0, 0.05) is 23.1 Å². The molecule has 1 N–H and O–H groups in total. The molecular formula is C20H24ClNO2S. The molecule has 0 fully saturated rings. The number of carbonyl (C=O) groups is 1. The van der Waals surface area contributed by atoms with Crippen LogP contribution in [0, 0.1) is 13.8 Å². The first kappa shape index (κ1) is 19.7. The van der Waals surface area contributed by atoms with Gasteiger partial charge in [0.25, 0.3) is 5.91 Å². The fraction of sp³-hybridized carbons (Fsp3) is 0.350. The van der Waals surface area contributed by atoms with Crippen LogP contribution in [0.5, 0.6) is 5.75 Å². The van der Waals surface area contributed by atoms with E-state index in [-0.39, 0.29) is 5.91 Å². The average molecular weight is 378 g/mol. The van der Waals surface area contributed by atoms with Crippen molar-refractivity contribution in [3.05, 3.63) is 64.2 Å². The number of amides is 1. The van der Waals surface area contributed by atoms with Crippen LogP contribution in [0.25, 0.3) is 0 Å². The highest BCUT2D eigenvalue weighted by atomic mass is 35.5. The first-order valence-electron chi connectivity index (χ1n) is 8.29. The summed E-state index contributed by atoms with van der Waals surface area (Å²) in [6, 6.07) is 13.8. The standard InChI is InChI=1S/C20H24ClNO2S/c1-14-9-15(2)11-19(10-14)24-16(3)20(23)22-7-8-25-13-17-5-4-6-18(21)12-17/h4-6,9-12,16H,7-8,13H2,1-3H3,(H,22,23)/t16-/m1/s1. The second kappa shape index (κ2) is 9.73. The van der Waals surface area contributed by atoms with E-state index in [1.807, 2.05) is 44.2 Å². The molecule has 2 aromatic carbocycles. The predicted octanol–water partition coefficient (Wildman–Crippen LogP) is 4.77. The number of benzene rings is 2. The second-order valence-electron chi connectivity index (χ2n) is 6.06. The summed E-state index contributed by atoms with van der Waals surface area (Å²) in [4.78, 5) is 12.1. The fourth-order valence-corrected chi connectivity index (χ4v) is 3.48. The number of hydrogen-bond acceptors (Lipinski definition) is 3. The van der Waals surface area contributed by atoms with Crippen molar-refractivity contribution in [2.45, 2.75) is 32.6 Å². The third-order valence-corrected chi connectivity index (χ3v) is 4.85. The molecule has 0 heterocycles. The molecule has 1 atom stereocenters. The number of hydrogen-bond donors (Lipinski definition) is 1. The summed E-state index contributed by atoms with van der Waals surface area (Å²) < 4.78 is 5.74. The molecule has 134 valence electrons. The molecule has 0 saturated carbocycles. The van der Waals surface area contributed by atoms with E-state index in [2.05, 4.69) is 17.4 Å². The number of thioether (sulfide) groups is 1. The third-order valence-electron chi connectivity index (χ3n) is 3.58. The van der Waals surface area contributed by atoms with Crippen LogP contribution >= 0.6 is 23.4 Å². The predicted molar refractivity (Wildman–Crippen MR) is 107 cm³/mol. The van der Waals surface area contributed by atoms with Gasteiger partial charge in [0.2, 0.25) is 0 Å². The van der Waals surface area contributed by atoms with Crippen LogP contribution < -0.4 is 10.1 Å². The Hall–Kier alpha value is -1.65. The largest absolute Gasteiger partial charge is 0.481 e. The summed E-state index contributed by atoms with van der Waals surface area (Å²) in [7, 11) is 0. The highest BCUT2D eigenvalue weighted by Crippen LogP contribution is 2.18. The van der Waals surface area contributed by atoms with Crippen LogP contribution in [0.15, 0.2) is 42.5 Å². The number of nitrogens with one attached hydrogen (secondary N) is 1. The summed E-state index contributed by atoms with van der Waals surface area (Å²) in [5.41, 5.74) is 3.44. The minimum absolute atomic E-state index is 0.0949. The number of rotatable bonds is 8. The smallest absolute Gasteiger partial charge is 0.260 e. The van der Waals surface area contributed by atoms with Gasteiger partial charge in [-0.15, -0.1) is 0 Å². The minimum Gasteiger partial charge on any atom is -0.481 e. The van der Waals surface area contributed by atoms with Gasteiger partial charge < -0.3 is 10.1 Å². The molecule has 0 unspecified atom stereocenters. The lowest BCUT2D eigenvalue weighted by atomic mass is 10.1. The van der Waals surface area contributed by atoms with Gasteiger partial charge in [0.15, 0.2) is 6.10 Å². The first-order chi connectivity index (χ1) is 11.9. The topological polar surface area (TPSA) is 38.3 Å².